The van der Waals surface area contributed by atoms with Gasteiger partial charge in [0.2, 0.25) is 11.8 Å². The Hall–Kier alpha value is -4.25. The topological polar surface area (TPSA) is 67.6 Å². The molecule has 0 spiro atoms. The number of carbonyl (C=O) groups excluding carboxylic acids is 2. The number of benzene rings is 2. The highest BCUT2D eigenvalue weighted by atomic mass is 33.1. The molecule has 1 heterocycles. The average molecular weight is 799 g/mol. The largest absolute Gasteiger partial charge is 0.375 e. The quantitative estimate of drug-likeness (QED) is 0.0414. The van der Waals surface area contributed by atoms with E-state index >= 15 is 0 Å². The van der Waals surface area contributed by atoms with Gasteiger partial charge in [0.05, 0.1) is 13.2 Å². The summed E-state index contributed by atoms with van der Waals surface area (Å²) in [5, 5.41) is 2.03. The number of aryl methyl sites for hydroxylation is 1. The summed E-state index contributed by atoms with van der Waals surface area (Å²) in [5.74, 6) is 2.30. The first-order chi connectivity index (χ1) is 27.1. The molecule has 8 nitrogen and oxygen atoms in total. The number of carbonyl (C=O) groups is 2. The van der Waals surface area contributed by atoms with Gasteiger partial charge in [0.1, 0.15) is 7.05 Å². The number of anilines is 2. The fourth-order valence-electron chi connectivity index (χ4n) is 5.81. The predicted molar refractivity (Wildman–Crippen MR) is 244 cm³/mol. The molecule has 0 fully saturated rings. The van der Waals surface area contributed by atoms with Crippen molar-refractivity contribution in [3.63, 3.8) is 0 Å². The number of pyridine rings is 1. The summed E-state index contributed by atoms with van der Waals surface area (Å²) in [6, 6.07) is 21.4. The van der Waals surface area contributed by atoms with E-state index in [0.717, 1.165) is 63.4 Å². The molecule has 3 rings (SSSR count). The molecule has 0 aliphatic carbocycles. The standard InChI is InChI=1S/C46H65N6O2S2/c1-8-39(27-30-47-2)15-16-40-19-23-43(24-20-40)49(4)31-11-33-51(6)45(53)13-9-37-55-56-38-10-14-46(54)52(7)34-12-32-50(5)44-25-21-41(22-26-44)17-18-42-28-35-48(3)36-29-42/h8,15-30,35-36,47H,9-14,31-34,37-38H2,1-7H3/q+1/p+1/b16-15+,30-27-,39-8-. The molecule has 0 aliphatic rings. The van der Waals surface area contributed by atoms with Gasteiger partial charge in [-0.1, -0.05) is 76.2 Å². The lowest BCUT2D eigenvalue weighted by atomic mass is 10.1. The number of amides is 2. The molecule has 0 aliphatic heterocycles. The van der Waals surface area contributed by atoms with Crippen LogP contribution in [0.2, 0.25) is 0 Å². The van der Waals surface area contributed by atoms with Gasteiger partial charge in [0, 0.05) is 102 Å². The number of quaternary nitrogens is 1. The van der Waals surface area contributed by atoms with Gasteiger partial charge in [-0.2, -0.15) is 0 Å². The van der Waals surface area contributed by atoms with E-state index in [0.29, 0.717) is 12.8 Å². The highest BCUT2D eigenvalue weighted by Crippen LogP contribution is 2.24. The maximum absolute atomic E-state index is 12.7. The predicted octanol–water partition coefficient (Wildman–Crippen LogP) is 7.56. The molecule has 0 unspecified atom stereocenters. The Morgan fingerprint density at radius 3 is 1.52 bits per heavy atom. The summed E-state index contributed by atoms with van der Waals surface area (Å²) in [5.41, 5.74) is 7.04. The third-order valence-corrected chi connectivity index (χ3v) is 12.1. The monoisotopic (exact) mass is 798 g/mol. The molecular formula is C46H66N6O2S2+2. The van der Waals surface area contributed by atoms with E-state index < -0.39 is 0 Å². The van der Waals surface area contributed by atoms with Crippen LogP contribution < -0.4 is 19.7 Å². The van der Waals surface area contributed by atoms with Crippen LogP contribution in [-0.2, 0) is 16.6 Å². The lowest BCUT2D eigenvalue weighted by Gasteiger charge is -2.22. The van der Waals surface area contributed by atoms with Gasteiger partial charge in [-0.25, -0.2) is 4.57 Å². The third kappa shape index (κ3) is 18.1. The second-order valence-corrected chi connectivity index (χ2v) is 16.9. The van der Waals surface area contributed by atoms with Gasteiger partial charge in [0.25, 0.3) is 0 Å². The summed E-state index contributed by atoms with van der Waals surface area (Å²) >= 11 is 0. The number of aromatic nitrogens is 1. The van der Waals surface area contributed by atoms with E-state index in [9.17, 15) is 9.59 Å². The molecule has 1 aromatic heterocycles. The maximum Gasteiger partial charge on any atom is 0.222 e. The van der Waals surface area contributed by atoms with Crippen molar-refractivity contribution < 1.29 is 19.5 Å². The van der Waals surface area contributed by atoms with Gasteiger partial charge < -0.3 is 24.9 Å². The maximum atomic E-state index is 12.7. The Kier molecular flexibility index (Phi) is 21.9. The average Bonchev–Trinajstić information content (AvgIpc) is 3.21. The second-order valence-electron chi connectivity index (χ2n) is 14.2. The van der Waals surface area contributed by atoms with E-state index in [-0.39, 0.29) is 11.8 Å². The fraction of sp³-hybridized carbons (Fsp3) is 0.413. The molecule has 0 radical (unpaired) electrons. The number of nitrogens with two attached hydrogens (primary N) is 1. The van der Waals surface area contributed by atoms with Crippen molar-refractivity contribution in [1.29, 1.82) is 0 Å². The van der Waals surface area contributed by atoms with Gasteiger partial charge in [0.15, 0.2) is 12.4 Å². The highest BCUT2D eigenvalue weighted by Gasteiger charge is 2.11. The molecule has 0 atom stereocenters. The Balaban J connectivity index is 1.19. The van der Waals surface area contributed by atoms with Crippen molar-refractivity contribution in [2.24, 2.45) is 7.05 Å². The van der Waals surface area contributed by atoms with Crippen LogP contribution in [0.3, 0.4) is 0 Å². The molecule has 0 saturated heterocycles. The number of hydrogen-bond acceptors (Lipinski definition) is 6. The summed E-state index contributed by atoms with van der Waals surface area (Å²) < 4.78 is 2.03. The van der Waals surface area contributed by atoms with Gasteiger partial charge in [-0.05, 0) is 85.2 Å². The highest BCUT2D eigenvalue weighted by molar-refractivity contribution is 8.76. The van der Waals surface area contributed by atoms with Gasteiger partial charge in [-0.15, -0.1) is 0 Å². The van der Waals surface area contributed by atoms with Crippen LogP contribution in [0.1, 0.15) is 62.1 Å². The lowest BCUT2D eigenvalue weighted by Crippen LogP contribution is -2.72. The first-order valence-corrected chi connectivity index (χ1v) is 22.4. The molecule has 302 valence electrons. The molecule has 3 aromatic rings. The molecule has 0 saturated carbocycles. The Morgan fingerprint density at radius 1 is 0.625 bits per heavy atom. The minimum atomic E-state index is 0.209. The number of hydrogen-bond donors (Lipinski definition) is 1. The van der Waals surface area contributed by atoms with Crippen LogP contribution in [0, 0.1) is 0 Å². The summed E-state index contributed by atoms with van der Waals surface area (Å²) in [7, 11) is 15.7. The first kappa shape index (κ1) is 46.1. The molecule has 10 heteroatoms. The van der Waals surface area contributed by atoms with Crippen molar-refractivity contribution in [3.05, 3.63) is 120 Å². The molecule has 2 amide bonds. The number of nitrogens with zero attached hydrogens (tertiary/aromatic N) is 5. The van der Waals surface area contributed by atoms with Crippen LogP contribution in [0.4, 0.5) is 11.4 Å². The van der Waals surface area contributed by atoms with Crippen molar-refractivity contribution in [1.82, 2.24) is 9.80 Å². The van der Waals surface area contributed by atoms with Crippen LogP contribution >= 0.6 is 21.6 Å². The Bertz CT molecular complexity index is 1700. The van der Waals surface area contributed by atoms with Crippen LogP contribution in [-0.4, -0.2) is 94.5 Å². The van der Waals surface area contributed by atoms with E-state index in [1.807, 2.05) is 73.4 Å². The molecule has 0 bridgehead atoms. The van der Waals surface area contributed by atoms with Crippen molar-refractivity contribution in [3.8, 4) is 0 Å². The van der Waals surface area contributed by atoms with Crippen molar-refractivity contribution >= 4 is 63.0 Å². The summed E-state index contributed by atoms with van der Waals surface area (Å²) in [4.78, 5) is 33.6. The molecule has 2 aromatic carbocycles. The summed E-state index contributed by atoms with van der Waals surface area (Å²) in [6.45, 7) is 5.33. The zero-order chi connectivity index (χ0) is 40.5. The van der Waals surface area contributed by atoms with Crippen LogP contribution in [0.5, 0.6) is 0 Å². The zero-order valence-electron chi connectivity index (χ0n) is 34.9. The second kappa shape index (κ2) is 26.6. The normalized spacial score (nSPS) is 11.9. The lowest BCUT2D eigenvalue weighted by molar-refractivity contribution is -0.671. The third-order valence-electron chi connectivity index (χ3n) is 9.57. The fourth-order valence-corrected chi connectivity index (χ4v) is 7.98. The van der Waals surface area contributed by atoms with Crippen LogP contribution in [0.15, 0.2) is 103 Å². The van der Waals surface area contributed by atoms with Gasteiger partial charge in [-0.3, -0.25) is 9.59 Å². The van der Waals surface area contributed by atoms with Crippen LogP contribution in [0.25, 0.3) is 18.2 Å². The Morgan fingerprint density at radius 2 is 1.07 bits per heavy atom. The zero-order valence-corrected chi connectivity index (χ0v) is 36.5. The number of allylic oxidation sites excluding steroid dienone is 4. The Labute approximate surface area is 345 Å². The van der Waals surface area contributed by atoms with Gasteiger partial charge >= 0.3 is 0 Å². The summed E-state index contributed by atoms with van der Waals surface area (Å²) in [6.07, 6.45) is 23.6. The van der Waals surface area contributed by atoms with E-state index in [1.165, 1.54) is 33.6 Å². The smallest absolute Gasteiger partial charge is 0.222 e. The van der Waals surface area contributed by atoms with E-state index in [1.54, 1.807) is 21.6 Å². The van der Waals surface area contributed by atoms with Crippen molar-refractivity contribution in [2.45, 2.75) is 45.4 Å². The minimum absolute atomic E-state index is 0.209. The molecular weight excluding hydrogens is 733 g/mol. The first-order valence-electron chi connectivity index (χ1n) is 19.9. The minimum Gasteiger partial charge on any atom is -0.375 e. The molecule has 56 heavy (non-hydrogen) atoms. The van der Waals surface area contributed by atoms with E-state index in [4.69, 9.17) is 0 Å². The van der Waals surface area contributed by atoms with E-state index in [2.05, 4.69) is 121 Å². The molecule has 2 N–H and O–H groups in total. The SMILES string of the molecule is C/C=C(\C=C/[NH2+]C)/C=C/c1ccc(N(C)CCCN(C)C(=O)CCCSSCCCC(=O)N(C)CCCN(C)c2ccc(/C=C/c3cc[n+](C)cc3)cc2)cc1. The number of rotatable bonds is 25. The van der Waals surface area contributed by atoms with Crippen molar-refractivity contribution in [2.75, 3.05) is 82.7 Å².